The molecular weight excluding hydrogens is 572 g/mol. The molecule has 5 rings (SSSR count). The van der Waals surface area contributed by atoms with E-state index in [-0.39, 0.29) is 6.61 Å². The Hall–Kier alpha value is -4.67. The number of esters is 1. The average Bonchev–Trinajstić information content (AvgIpc) is 3.71. The van der Waals surface area contributed by atoms with Gasteiger partial charge in [0.05, 0.1) is 35.7 Å². The van der Waals surface area contributed by atoms with E-state index in [1.165, 1.54) is 0 Å². The minimum absolute atomic E-state index is 0.0856. The predicted molar refractivity (Wildman–Crippen MR) is 173 cm³/mol. The summed E-state index contributed by atoms with van der Waals surface area (Å²) in [4.78, 5) is 43.1. The van der Waals surface area contributed by atoms with Crippen molar-refractivity contribution in [1.82, 2.24) is 10.2 Å². The van der Waals surface area contributed by atoms with Crippen molar-refractivity contribution in [2.75, 3.05) is 43.6 Å². The molecule has 0 bridgehead atoms. The van der Waals surface area contributed by atoms with E-state index in [2.05, 4.69) is 15.5 Å². The third kappa shape index (κ3) is 7.19. The fraction of sp³-hybridized carbons (Fsp3) is 0.343. The molecule has 2 amide bonds. The van der Waals surface area contributed by atoms with Gasteiger partial charge < -0.3 is 25.2 Å². The third-order valence-corrected chi connectivity index (χ3v) is 8.45. The second kappa shape index (κ2) is 14.4. The molecule has 0 spiro atoms. The van der Waals surface area contributed by atoms with Crippen LogP contribution >= 0.6 is 0 Å². The molecule has 0 aliphatic carbocycles. The molecule has 0 saturated carbocycles. The van der Waals surface area contributed by atoms with Crippen molar-refractivity contribution in [3.05, 3.63) is 94.6 Å². The van der Waals surface area contributed by atoms with Gasteiger partial charge >= 0.3 is 18.0 Å². The van der Waals surface area contributed by atoms with Crippen LogP contribution in [0.4, 0.5) is 21.9 Å². The van der Waals surface area contributed by atoms with Crippen LogP contribution in [-0.4, -0.2) is 61.4 Å². The molecule has 10 nitrogen and oxygen atoms in total. The maximum absolute atomic E-state index is 14.1. The van der Waals surface area contributed by atoms with Crippen molar-refractivity contribution in [3.63, 3.8) is 0 Å². The lowest BCUT2D eigenvalue weighted by atomic mass is 9.92. The topological polar surface area (TPSA) is 120 Å². The van der Waals surface area contributed by atoms with Crippen molar-refractivity contribution in [2.24, 2.45) is 5.92 Å². The number of hydrogen-bond donors (Lipinski definition) is 3. The Morgan fingerprint density at radius 3 is 2.38 bits per heavy atom. The smallest absolute Gasteiger partial charge is 0.341 e. The van der Waals surface area contributed by atoms with Crippen LogP contribution in [-0.2, 0) is 22.6 Å². The van der Waals surface area contributed by atoms with Crippen molar-refractivity contribution in [1.29, 1.82) is 0 Å². The maximum atomic E-state index is 14.1. The normalized spacial score (nSPS) is 15.4. The summed E-state index contributed by atoms with van der Waals surface area (Å²) in [6, 6.07) is 18.1. The molecular formula is C35H40N4O6. The number of rotatable bonds is 12. The molecule has 3 aromatic carbocycles. The number of nitrogens with one attached hydrogen (secondary N) is 2. The lowest BCUT2D eigenvalue weighted by Gasteiger charge is -2.26. The van der Waals surface area contributed by atoms with E-state index >= 15 is 0 Å². The van der Waals surface area contributed by atoms with E-state index in [9.17, 15) is 19.5 Å². The number of carboxylic acid groups (broad SMARTS) is 1. The van der Waals surface area contributed by atoms with Gasteiger partial charge in [-0.3, -0.25) is 14.6 Å². The van der Waals surface area contributed by atoms with Crippen LogP contribution in [0.1, 0.15) is 46.8 Å². The number of para-hydroxylation sites is 2. The lowest BCUT2D eigenvalue weighted by Crippen LogP contribution is -2.32. The number of carboxylic acids is 1. The zero-order valence-corrected chi connectivity index (χ0v) is 26.0. The van der Waals surface area contributed by atoms with Gasteiger partial charge in [-0.15, -0.1) is 0 Å². The first-order valence-corrected chi connectivity index (χ1v) is 15.2. The number of aliphatic carboxylic acids is 1. The lowest BCUT2D eigenvalue weighted by molar-refractivity contribution is -0.142. The summed E-state index contributed by atoms with van der Waals surface area (Å²) in [5.74, 6) is -1.31. The molecule has 0 radical (unpaired) electrons. The number of benzene rings is 3. The summed E-state index contributed by atoms with van der Waals surface area (Å²) in [6.07, 6.45) is 3.21. The Kier molecular flexibility index (Phi) is 10.2. The summed E-state index contributed by atoms with van der Waals surface area (Å²) in [6.45, 7) is 7.20. The Morgan fingerprint density at radius 1 is 1.13 bits per heavy atom. The predicted octanol–water partition coefficient (Wildman–Crippen LogP) is 5.88. The van der Waals surface area contributed by atoms with E-state index in [0.717, 1.165) is 30.9 Å². The van der Waals surface area contributed by atoms with Crippen LogP contribution < -0.4 is 20.3 Å². The van der Waals surface area contributed by atoms with Gasteiger partial charge in [0.2, 0.25) is 0 Å². The van der Waals surface area contributed by atoms with Crippen LogP contribution in [0.25, 0.3) is 0 Å². The SMILES string of the molecule is COc1c(C)c2c(c(NC(=O)N(c3ccccc3)c3ccccc3)c1C/C=C(\C)CC(CCN1CCNC1)C(=O)O)C(=O)OC2. The minimum Gasteiger partial charge on any atom is -0.496 e. The Morgan fingerprint density at radius 2 is 1.80 bits per heavy atom. The van der Waals surface area contributed by atoms with Gasteiger partial charge in [0.1, 0.15) is 12.4 Å². The van der Waals surface area contributed by atoms with Gasteiger partial charge in [-0.2, -0.15) is 0 Å². The number of cyclic esters (lactones) is 1. The van der Waals surface area contributed by atoms with Crippen LogP contribution in [0, 0.1) is 12.8 Å². The van der Waals surface area contributed by atoms with Gasteiger partial charge in [-0.1, -0.05) is 48.0 Å². The Bertz CT molecular complexity index is 1530. The highest BCUT2D eigenvalue weighted by atomic mass is 16.5. The summed E-state index contributed by atoms with van der Waals surface area (Å²) in [7, 11) is 1.56. The molecule has 236 valence electrons. The molecule has 3 N–H and O–H groups in total. The monoisotopic (exact) mass is 612 g/mol. The van der Waals surface area contributed by atoms with Gasteiger partial charge in [0, 0.05) is 37.4 Å². The summed E-state index contributed by atoms with van der Waals surface area (Å²) >= 11 is 0. The van der Waals surface area contributed by atoms with Crippen LogP contribution in [0.3, 0.4) is 0 Å². The van der Waals surface area contributed by atoms with Crippen LogP contribution in [0.5, 0.6) is 5.75 Å². The molecule has 2 aliphatic rings. The third-order valence-electron chi connectivity index (χ3n) is 8.45. The summed E-state index contributed by atoms with van der Waals surface area (Å²) in [5.41, 5.74) is 4.91. The molecule has 3 aromatic rings. The summed E-state index contributed by atoms with van der Waals surface area (Å²) < 4.78 is 11.3. The van der Waals surface area contributed by atoms with Gasteiger partial charge in [0.25, 0.3) is 0 Å². The molecule has 1 atom stereocenters. The van der Waals surface area contributed by atoms with Crippen molar-refractivity contribution >= 4 is 35.0 Å². The second-order valence-electron chi connectivity index (χ2n) is 11.4. The fourth-order valence-corrected chi connectivity index (χ4v) is 6.04. The average molecular weight is 613 g/mol. The van der Waals surface area contributed by atoms with E-state index in [1.807, 2.05) is 80.6 Å². The van der Waals surface area contributed by atoms with Crippen molar-refractivity contribution in [2.45, 2.75) is 39.7 Å². The highest BCUT2D eigenvalue weighted by Crippen LogP contribution is 2.42. The number of ether oxygens (including phenoxy) is 2. The number of amides is 2. The number of fused-ring (bicyclic) bond motifs is 1. The highest BCUT2D eigenvalue weighted by Gasteiger charge is 2.34. The molecule has 2 aliphatic heterocycles. The van der Waals surface area contributed by atoms with Crippen LogP contribution in [0.2, 0.25) is 0 Å². The minimum atomic E-state index is -0.821. The van der Waals surface area contributed by atoms with E-state index in [1.54, 1.807) is 12.0 Å². The van der Waals surface area contributed by atoms with Crippen LogP contribution in [0.15, 0.2) is 72.3 Å². The molecule has 2 heterocycles. The number of allylic oxidation sites excluding steroid dienone is 2. The number of anilines is 3. The molecule has 1 saturated heterocycles. The van der Waals surface area contributed by atoms with Gasteiger partial charge in [-0.25, -0.2) is 9.59 Å². The first-order valence-electron chi connectivity index (χ1n) is 15.2. The molecule has 0 aromatic heterocycles. The zero-order valence-electron chi connectivity index (χ0n) is 26.0. The van der Waals surface area contributed by atoms with E-state index in [4.69, 9.17) is 9.47 Å². The first-order chi connectivity index (χ1) is 21.8. The number of hydrogen-bond acceptors (Lipinski definition) is 7. The first kappa shape index (κ1) is 31.7. The van der Waals surface area contributed by atoms with Crippen molar-refractivity contribution in [3.8, 4) is 5.75 Å². The second-order valence-corrected chi connectivity index (χ2v) is 11.4. The van der Waals surface area contributed by atoms with E-state index < -0.39 is 23.9 Å². The Labute approximate surface area is 263 Å². The molecule has 1 unspecified atom stereocenters. The number of carbonyl (C=O) groups is 3. The molecule has 1 fully saturated rings. The highest BCUT2D eigenvalue weighted by molar-refractivity contribution is 6.11. The standard InChI is InChI=1S/C35H40N4O6/c1-23(20-25(33(40)41)16-18-38-19-17-36-22-38)14-15-28-31(30-29(21-45-34(30)42)24(2)32(28)44-3)37-35(43)39(26-10-6-4-7-11-26)27-12-8-5-9-13-27/h4-14,25,36H,15-22H2,1-3H3,(H,37,43)(H,40,41)/b23-14+. The maximum Gasteiger partial charge on any atom is 0.341 e. The number of urea groups is 1. The van der Waals surface area contributed by atoms with Crippen molar-refractivity contribution < 1.29 is 29.0 Å². The van der Waals surface area contributed by atoms with E-state index in [0.29, 0.717) is 65.3 Å². The quantitative estimate of drug-likeness (QED) is 0.171. The number of carbonyl (C=O) groups excluding carboxylic acids is 2. The number of nitrogens with zero attached hydrogens (tertiary/aromatic N) is 2. The Balaban J connectivity index is 1.48. The zero-order chi connectivity index (χ0) is 31.9. The largest absolute Gasteiger partial charge is 0.496 e. The number of methoxy groups -OCH3 is 1. The fourth-order valence-electron chi connectivity index (χ4n) is 6.04. The summed E-state index contributed by atoms with van der Waals surface area (Å²) in [5, 5.41) is 16.3. The van der Waals surface area contributed by atoms with Gasteiger partial charge in [-0.05, 0) is 62.9 Å². The van der Waals surface area contributed by atoms with Gasteiger partial charge in [0.15, 0.2) is 0 Å². The molecule has 45 heavy (non-hydrogen) atoms. The molecule has 10 heteroatoms.